The SMILES string of the molecule is CCc1nc(Nc2ccc3[nH]nc(C(N)=O)c3c2)c2ccsc2n1. The van der Waals surface area contributed by atoms with E-state index in [4.69, 9.17) is 5.73 Å². The molecular weight excluding hydrogens is 324 g/mol. The van der Waals surface area contributed by atoms with Gasteiger partial charge in [0.2, 0.25) is 0 Å². The highest BCUT2D eigenvalue weighted by Gasteiger charge is 2.13. The van der Waals surface area contributed by atoms with Crippen molar-refractivity contribution in [1.29, 1.82) is 0 Å². The first-order valence-electron chi connectivity index (χ1n) is 7.44. The van der Waals surface area contributed by atoms with Crippen LogP contribution in [0.25, 0.3) is 21.1 Å². The van der Waals surface area contributed by atoms with E-state index in [1.807, 2.05) is 36.6 Å². The van der Waals surface area contributed by atoms with Crippen LogP contribution < -0.4 is 11.1 Å². The molecule has 120 valence electrons. The van der Waals surface area contributed by atoms with Crippen molar-refractivity contribution in [1.82, 2.24) is 20.2 Å². The fourth-order valence-electron chi connectivity index (χ4n) is 2.57. The van der Waals surface area contributed by atoms with Gasteiger partial charge in [-0.15, -0.1) is 11.3 Å². The number of H-pyrrole nitrogens is 1. The minimum absolute atomic E-state index is 0.228. The first-order valence-corrected chi connectivity index (χ1v) is 8.32. The standard InChI is InChI=1S/C16H14N6OS/c1-2-12-19-15(9-5-6-24-16(9)20-12)18-8-3-4-11-10(7-8)13(14(17)23)22-21-11/h3-7H,2H2,1H3,(H2,17,23)(H,21,22)(H,18,19,20). The molecule has 0 aliphatic rings. The van der Waals surface area contributed by atoms with Gasteiger partial charge in [0.15, 0.2) is 5.69 Å². The smallest absolute Gasteiger partial charge is 0.269 e. The van der Waals surface area contributed by atoms with E-state index >= 15 is 0 Å². The number of carbonyl (C=O) groups excluding carboxylic acids is 1. The minimum Gasteiger partial charge on any atom is -0.364 e. The molecule has 0 fully saturated rings. The number of primary amides is 1. The molecule has 0 aliphatic heterocycles. The predicted molar refractivity (Wildman–Crippen MR) is 94.7 cm³/mol. The predicted octanol–water partition coefficient (Wildman–Crippen LogP) is 2.97. The molecule has 7 nitrogen and oxygen atoms in total. The van der Waals surface area contributed by atoms with Crippen molar-refractivity contribution >= 4 is 49.9 Å². The summed E-state index contributed by atoms with van der Waals surface area (Å²) in [5.41, 5.74) is 7.15. The molecule has 8 heteroatoms. The number of benzene rings is 1. The second-order valence-electron chi connectivity index (χ2n) is 5.30. The molecule has 0 spiro atoms. The maximum Gasteiger partial charge on any atom is 0.269 e. The summed E-state index contributed by atoms with van der Waals surface area (Å²) in [5.74, 6) is 0.977. The Kier molecular flexibility index (Phi) is 3.39. The number of anilines is 2. The van der Waals surface area contributed by atoms with Gasteiger partial charge in [-0.05, 0) is 29.6 Å². The van der Waals surface area contributed by atoms with Crippen LogP contribution in [0, 0.1) is 0 Å². The Morgan fingerprint density at radius 2 is 2.17 bits per heavy atom. The first kappa shape index (κ1) is 14.6. The van der Waals surface area contributed by atoms with Crippen LogP contribution in [0.5, 0.6) is 0 Å². The molecule has 4 N–H and O–H groups in total. The number of amides is 1. The number of hydrogen-bond donors (Lipinski definition) is 3. The van der Waals surface area contributed by atoms with E-state index < -0.39 is 5.91 Å². The molecule has 0 bridgehead atoms. The summed E-state index contributed by atoms with van der Waals surface area (Å²) < 4.78 is 0. The van der Waals surface area contributed by atoms with Crippen molar-refractivity contribution < 1.29 is 4.79 Å². The summed E-state index contributed by atoms with van der Waals surface area (Å²) in [5, 5.41) is 13.7. The van der Waals surface area contributed by atoms with Crippen LogP contribution in [-0.4, -0.2) is 26.1 Å². The molecule has 24 heavy (non-hydrogen) atoms. The van der Waals surface area contributed by atoms with Crippen molar-refractivity contribution in [3.63, 3.8) is 0 Å². The lowest BCUT2D eigenvalue weighted by atomic mass is 10.2. The van der Waals surface area contributed by atoms with Crippen molar-refractivity contribution in [3.05, 3.63) is 41.2 Å². The van der Waals surface area contributed by atoms with E-state index in [-0.39, 0.29) is 5.69 Å². The molecule has 4 rings (SSSR count). The molecule has 1 aromatic carbocycles. The Hall–Kier alpha value is -3.00. The molecule has 4 aromatic rings. The number of aromatic nitrogens is 4. The molecule has 0 atom stereocenters. The van der Waals surface area contributed by atoms with E-state index in [1.54, 1.807) is 11.3 Å². The summed E-state index contributed by atoms with van der Waals surface area (Å²) in [7, 11) is 0. The molecule has 0 aliphatic carbocycles. The zero-order chi connectivity index (χ0) is 16.7. The lowest BCUT2D eigenvalue weighted by molar-refractivity contribution is 0.0997. The topological polar surface area (TPSA) is 110 Å². The van der Waals surface area contributed by atoms with E-state index in [0.717, 1.165) is 39.5 Å². The van der Waals surface area contributed by atoms with Gasteiger partial charge in [0.1, 0.15) is 16.5 Å². The molecule has 0 saturated carbocycles. The number of carbonyl (C=O) groups is 1. The average Bonchev–Trinajstić information content (AvgIpc) is 3.20. The van der Waals surface area contributed by atoms with Gasteiger partial charge >= 0.3 is 0 Å². The van der Waals surface area contributed by atoms with Crippen LogP contribution in [-0.2, 0) is 6.42 Å². The fraction of sp³-hybridized carbons (Fsp3) is 0.125. The monoisotopic (exact) mass is 338 g/mol. The van der Waals surface area contributed by atoms with Gasteiger partial charge in [-0.25, -0.2) is 9.97 Å². The van der Waals surface area contributed by atoms with Crippen LogP contribution in [0.2, 0.25) is 0 Å². The first-order chi connectivity index (χ1) is 11.7. The van der Waals surface area contributed by atoms with E-state index in [2.05, 4.69) is 25.5 Å². The van der Waals surface area contributed by atoms with Crippen LogP contribution in [0.4, 0.5) is 11.5 Å². The summed E-state index contributed by atoms with van der Waals surface area (Å²) in [6.45, 7) is 2.02. The number of rotatable bonds is 4. The molecule has 0 radical (unpaired) electrons. The molecule has 1 amide bonds. The Morgan fingerprint density at radius 1 is 1.29 bits per heavy atom. The normalized spacial score (nSPS) is 11.2. The number of nitrogens with one attached hydrogen (secondary N) is 2. The summed E-state index contributed by atoms with van der Waals surface area (Å²) in [6.07, 6.45) is 0.759. The quantitative estimate of drug-likeness (QED) is 0.530. The second kappa shape index (κ2) is 5.57. The van der Waals surface area contributed by atoms with Gasteiger partial charge in [0.25, 0.3) is 5.91 Å². The van der Waals surface area contributed by atoms with Crippen molar-refractivity contribution in [3.8, 4) is 0 Å². The Balaban J connectivity index is 1.80. The zero-order valence-corrected chi connectivity index (χ0v) is 13.6. The number of hydrogen-bond acceptors (Lipinski definition) is 6. The average molecular weight is 338 g/mol. The largest absolute Gasteiger partial charge is 0.364 e. The van der Waals surface area contributed by atoms with Gasteiger partial charge in [-0.3, -0.25) is 9.89 Å². The number of aromatic amines is 1. The van der Waals surface area contributed by atoms with Crippen LogP contribution in [0.15, 0.2) is 29.6 Å². The highest BCUT2D eigenvalue weighted by atomic mass is 32.1. The van der Waals surface area contributed by atoms with Crippen LogP contribution in [0.3, 0.4) is 0 Å². The van der Waals surface area contributed by atoms with E-state index in [0.29, 0.717) is 5.39 Å². The lowest BCUT2D eigenvalue weighted by Crippen LogP contribution is -2.11. The van der Waals surface area contributed by atoms with Gasteiger partial charge in [-0.2, -0.15) is 5.10 Å². The third-order valence-corrected chi connectivity index (χ3v) is 4.55. The van der Waals surface area contributed by atoms with E-state index in [9.17, 15) is 4.79 Å². The lowest BCUT2D eigenvalue weighted by Gasteiger charge is -2.08. The van der Waals surface area contributed by atoms with Gasteiger partial charge in [0.05, 0.1) is 10.9 Å². The summed E-state index contributed by atoms with van der Waals surface area (Å²) >= 11 is 1.58. The molecule has 3 heterocycles. The fourth-order valence-corrected chi connectivity index (χ4v) is 3.35. The maximum atomic E-state index is 11.5. The zero-order valence-electron chi connectivity index (χ0n) is 12.8. The third kappa shape index (κ3) is 2.37. The van der Waals surface area contributed by atoms with Crippen LogP contribution in [0.1, 0.15) is 23.2 Å². The maximum absolute atomic E-state index is 11.5. The number of fused-ring (bicyclic) bond motifs is 2. The van der Waals surface area contributed by atoms with Crippen molar-refractivity contribution in [2.45, 2.75) is 13.3 Å². The highest BCUT2D eigenvalue weighted by molar-refractivity contribution is 7.16. The van der Waals surface area contributed by atoms with Gasteiger partial charge in [-0.1, -0.05) is 6.92 Å². The number of thiophene rings is 1. The van der Waals surface area contributed by atoms with Gasteiger partial charge in [0, 0.05) is 17.5 Å². The number of nitrogens with zero attached hydrogens (tertiary/aromatic N) is 3. The molecular formula is C16H14N6OS. The van der Waals surface area contributed by atoms with Crippen LogP contribution >= 0.6 is 11.3 Å². The molecule has 0 unspecified atom stereocenters. The highest BCUT2D eigenvalue weighted by Crippen LogP contribution is 2.29. The third-order valence-electron chi connectivity index (χ3n) is 3.75. The Bertz CT molecular complexity index is 1070. The Morgan fingerprint density at radius 3 is 2.96 bits per heavy atom. The summed E-state index contributed by atoms with van der Waals surface area (Å²) in [4.78, 5) is 21.5. The second-order valence-corrected chi connectivity index (χ2v) is 6.20. The van der Waals surface area contributed by atoms with E-state index in [1.165, 1.54) is 0 Å². The molecule has 3 aromatic heterocycles. The number of nitrogens with two attached hydrogens (primary N) is 1. The Labute approximate surface area is 140 Å². The van der Waals surface area contributed by atoms with Crippen molar-refractivity contribution in [2.24, 2.45) is 5.73 Å². The molecule has 0 saturated heterocycles. The minimum atomic E-state index is -0.561. The van der Waals surface area contributed by atoms with Crippen molar-refractivity contribution in [2.75, 3.05) is 5.32 Å². The van der Waals surface area contributed by atoms with Gasteiger partial charge < -0.3 is 11.1 Å². The number of aryl methyl sites for hydroxylation is 1. The summed E-state index contributed by atoms with van der Waals surface area (Å²) in [6, 6.07) is 7.58.